The fraction of sp³-hybridized carbons (Fsp3) is 0.391. The molecule has 1 fully saturated rings. The zero-order chi connectivity index (χ0) is 19.5. The Hall–Kier alpha value is -2.82. The first kappa shape index (κ1) is 17.3. The molecular formula is C23H24N2O3. The highest BCUT2D eigenvalue weighted by molar-refractivity contribution is 6.08. The summed E-state index contributed by atoms with van der Waals surface area (Å²) in [5.41, 5.74) is 3.40. The van der Waals surface area contributed by atoms with Gasteiger partial charge < -0.3 is 10.1 Å². The van der Waals surface area contributed by atoms with Crippen LogP contribution in [0.5, 0.6) is 5.75 Å². The van der Waals surface area contributed by atoms with Gasteiger partial charge in [0.15, 0.2) is 5.54 Å². The molecule has 3 amide bonds. The third-order valence-electron chi connectivity index (χ3n) is 7.13. The molecular weight excluding hydrogens is 352 g/mol. The van der Waals surface area contributed by atoms with E-state index in [1.165, 1.54) is 16.0 Å². The molecule has 5 heteroatoms. The number of likely N-dealkylation sites (N-methyl/N-ethyl adjacent to an activating group) is 1. The lowest BCUT2D eigenvalue weighted by molar-refractivity contribution is -0.135. The van der Waals surface area contributed by atoms with E-state index in [0.29, 0.717) is 5.75 Å². The number of benzene rings is 2. The molecule has 1 atom stereocenters. The Kier molecular flexibility index (Phi) is 3.60. The Morgan fingerprint density at radius 3 is 2.25 bits per heavy atom. The van der Waals surface area contributed by atoms with Crippen LogP contribution in [-0.4, -0.2) is 31.0 Å². The predicted octanol–water partition coefficient (Wildman–Crippen LogP) is 3.19. The van der Waals surface area contributed by atoms with Crippen LogP contribution in [0, 0.1) is 5.41 Å². The number of aryl methyl sites for hydroxylation is 2. The summed E-state index contributed by atoms with van der Waals surface area (Å²) in [6, 6.07) is 14.2. The van der Waals surface area contributed by atoms with Crippen LogP contribution < -0.4 is 10.1 Å². The lowest BCUT2D eigenvalue weighted by atomic mass is 9.65. The third-order valence-corrected chi connectivity index (χ3v) is 7.13. The Bertz CT molecular complexity index is 972. The molecule has 2 spiro atoms. The molecule has 5 rings (SSSR count). The second-order valence-electron chi connectivity index (χ2n) is 8.29. The number of nitrogens with one attached hydrogen (secondary N) is 1. The van der Waals surface area contributed by atoms with Gasteiger partial charge in [-0.3, -0.25) is 9.69 Å². The fourth-order valence-corrected chi connectivity index (χ4v) is 5.62. The number of carbonyl (C=O) groups excluding carboxylic acids is 2. The molecule has 3 aliphatic rings. The van der Waals surface area contributed by atoms with Crippen molar-refractivity contribution in [3.63, 3.8) is 0 Å². The molecule has 0 bridgehead atoms. The number of ether oxygens (including phenoxy) is 1. The van der Waals surface area contributed by atoms with E-state index >= 15 is 0 Å². The average Bonchev–Trinajstić information content (AvgIpc) is 3.01. The van der Waals surface area contributed by atoms with E-state index in [-0.39, 0.29) is 17.4 Å². The van der Waals surface area contributed by atoms with Crippen molar-refractivity contribution in [3.05, 3.63) is 64.7 Å². The van der Waals surface area contributed by atoms with Crippen molar-refractivity contribution in [1.29, 1.82) is 0 Å². The van der Waals surface area contributed by atoms with E-state index < -0.39 is 5.54 Å². The van der Waals surface area contributed by atoms with E-state index in [4.69, 9.17) is 4.74 Å². The van der Waals surface area contributed by atoms with Crippen molar-refractivity contribution in [2.24, 2.45) is 5.41 Å². The van der Waals surface area contributed by atoms with Gasteiger partial charge in [0.25, 0.3) is 5.91 Å². The Morgan fingerprint density at radius 2 is 1.68 bits per heavy atom. The minimum absolute atomic E-state index is 0.143. The maximum Gasteiger partial charge on any atom is 0.325 e. The standard InChI is InChI=1S/C23H24N2O3/c1-25-20(26)23(24-21(25)27)19-13-18(28-2)8-7-17(19)14-22(23)11-9-15-5-3-4-6-16(15)10-12-22/h3-8,13H,9-12,14H2,1-2H3,(H,24,27). The molecule has 144 valence electrons. The number of amides is 3. The third kappa shape index (κ3) is 2.07. The number of rotatable bonds is 1. The van der Waals surface area contributed by atoms with Crippen LogP contribution in [0.3, 0.4) is 0 Å². The number of urea groups is 1. The van der Waals surface area contributed by atoms with Gasteiger partial charge in [-0.1, -0.05) is 30.3 Å². The largest absolute Gasteiger partial charge is 0.497 e. The van der Waals surface area contributed by atoms with Crippen LogP contribution in [0.1, 0.15) is 35.1 Å². The number of hydrogen-bond acceptors (Lipinski definition) is 3. The molecule has 0 aromatic heterocycles. The van der Waals surface area contributed by atoms with Gasteiger partial charge in [0.05, 0.1) is 7.11 Å². The summed E-state index contributed by atoms with van der Waals surface area (Å²) in [7, 11) is 3.20. The van der Waals surface area contributed by atoms with E-state index in [1.807, 2.05) is 12.1 Å². The Labute approximate surface area is 164 Å². The van der Waals surface area contributed by atoms with E-state index in [9.17, 15) is 9.59 Å². The summed E-state index contributed by atoms with van der Waals surface area (Å²) in [4.78, 5) is 27.4. The predicted molar refractivity (Wildman–Crippen MR) is 105 cm³/mol. The summed E-state index contributed by atoms with van der Waals surface area (Å²) in [6.07, 6.45) is 4.34. The second kappa shape index (κ2) is 5.84. The monoisotopic (exact) mass is 376 g/mol. The van der Waals surface area contributed by atoms with Gasteiger partial charge in [0.2, 0.25) is 0 Å². The van der Waals surface area contributed by atoms with Gasteiger partial charge in [-0.2, -0.15) is 0 Å². The normalized spacial score (nSPS) is 24.9. The highest BCUT2D eigenvalue weighted by atomic mass is 16.5. The molecule has 1 saturated heterocycles. The minimum atomic E-state index is -1.01. The van der Waals surface area contributed by atoms with Crippen LogP contribution in [0.2, 0.25) is 0 Å². The number of fused-ring (bicyclic) bond motifs is 4. The quantitative estimate of drug-likeness (QED) is 0.778. The number of nitrogens with zero attached hydrogens (tertiary/aromatic N) is 1. The van der Waals surface area contributed by atoms with Crippen LogP contribution in [0.25, 0.3) is 0 Å². The second-order valence-corrected chi connectivity index (χ2v) is 8.29. The summed E-state index contributed by atoms with van der Waals surface area (Å²) in [5, 5.41) is 3.13. The highest BCUT2D eigenvalue weighted by Crippen LogP contribution is 2.59. The van der Waals surface area contributed by atoms with Crippen LogP contribution >= 0.6 is 0 Å². The van der Waals surface area contributed by atoms with Gasteiger partial charge in [0, 0.05) is 12.5 Å². The molecule has 5 nitrogen and oxygen atoms in total. The van der Waals surface area contributed by atoms with Crippen molar-refractivity contribution in [2.75, 3.05) is 14.2 Å². The number of hydrogen-bond donors (Lipinski definition) is 1. The maximum atomic E-state index is 13.6. The van der Waals surface area contributed by atoms with Crippen LogP contribution in [0.4, 0.5) is 4.79 Å². The smallest absolute Gasteiger partial charge is 0.325 e. The topological polar surface area (TPSA) is 58.6 Å². The number of carbonyl (C=O) groups is 2. The molecule has 1 aliphatic heterocycles. The van der Waals surface area contributed by atoms with Gasteiger partial charge in [0.1, 0.15) is 5.75 Å². The van der Waals surface area contributed by atoms with Crippen molar-refractivity contribution in [1.82, 2.24) is 10.2 Å². The zero-order valence-electron chi connectivity index (χ0n) is 16.2. The first-order valence-electron chi connectivity index (χ1n) is 9.85. The first-order chi connectivity index (χ1) is 13.5. The molecule has 0 radical (unpaired) electrons. The maximum absolute atomic E-state index is 13.6. The lowest BCUT2D eigenvalue weighted by Gasteiger charge is -2.41. The molecule has 0 saturated carbocycles. The van der Waals surface area contributed by atoms with E-state index in [0.717, 1.165) is 43.2 Å². The lowest BCUT2D eigenvalue weighted by Crippen LogP contribution is -2.55. The number of imide groups is 1. The summed E-state index contributed by atoms with van der Waals surface area (Å²) in [6.45, 7) is 0. The molecule has 1 heterocycles. The van der Waals surface area contributed by atoms with E-state index in [2.05, 4.69) is 35.6 Å². The van der Waals surface area contributed by atoms with E-state index in [1.54, 1.807) is 14.2 Å². The molecule has 28 heavy (non-hydrogen) atoms. The van der Waals surface area contributed by atoms with Gasteiger partial charge in [-0.15, -0.1) is 0 Å². The molecule has 2 aliphatic carbocycles. The van der Waals surface area contributed by atoms with Crippen molar-refractivity contribution < 1.29 is 14.3 Å². The van der Waals surface area contributed by atoms with Gasteiger partial charge >= 0.3 is 6.03 Å². The summed E-state index contributed by atoms with van der Waals surface area (Å²) >= 11 is 0. The van der Waals surface area contributed by atoms with Crippen molar-refractivity contribution in [2.45, 2.75) is 37.6 Å². The molecule has 2 aromatic rings. The molecule has 2 aromatic carbocycles. The fourth-order valence-electron chi connectivity index (χ4n) is 5.62. The summed E-state index contributed by atoms with van der Waals surface area (Å²) in [5.74, 6) is 0.569. The average molecular weight is 376 g/mol. The van der Waals surface area contributed by atoms with Gasteiger partial charge in [-0.05, 0) is 66.5 Å². The van der Waals surface area contributed by atoms with Gasteiger partial charge in [-0.25, -0.2) is 4.79 Å². The molecule has 1 unspecified atom stereocenters. The SMILES string of the molecule is COc1ccc2c(c1)C1(NC(=O)N(C)C1=O)C1(CCc3ccccc3CC1)C2. The number of methoxy groups -OCH3 is 1. The van der Waals surface area contributed by atoms with Crippen LogP contribution in [0.15, 0.2) is 42.5 Å². The molecule has 1 N–H and O–H groups in total. The first-order valence-corrected chi connectivity index (χ1v) is 9.85. The van der Waals surface area contributed by atoms with Crippen LogP contribution in [-0.2, 0) is 29.6 Å². The zero-order valence-corrected chi connectivity index (χ0v) is 16.2. The van der Waals surface area contributed by atoms with Crippen molar-refractivity contribution >= 4 is 11.9 Å². The highest BCUT2D eigenvalue weighted by Gasteiger charge is 2.67. The minimum Gasteiger partial charge on any atom is -0.497 e. The van der Waals surface area contributed by atoms with Crippen molar-refractivity contribution in [3.8, 4) is 5.75 Å². The Balaban J connectivity index is 1.68. The summed E-state index contributed by atoms with van der Waals surface area (Å²) < 4.78 is 5.44. The Morgan fingerprint density at radius 1 is 1.00 bits per heavy atom.